The van der Waals surface area contributed by atoms with Gasteiger partial charge in [0.25, 0.3) is 0 Å². The summed E-state index contributed by atoms with van der Waals surface area (Å²) in [6.07, 6.45) is 15.5. The molecule has 144 valence electrons. The Bertz CT molecular complexity index is 559. The van der Waals surface area contributed by atoms with E-state index in [0.29, 0.717) is 5.92 Å². The fourth-order valence-corrected chi connectivity index (χ4v) is 3.57. The Labute approximate surface area is 158 Å². The molecule has 0 N–H and O–H groups in total. The van der Waals surface area contributed by atoms with Gasteiger partial charge in [0.2, 0.25) is 0 Å². The number of amides is 1. The lowest BCUT2D eigenvalue weighted by atomic mass is 9.89. The van der Waals surface area contributed by atoms with Crippen LogP contribution in [0.15, 0.2) is 24.3 Å². The summed E-state index contributed by atoms with van der Waals surface area (Å²) in [7, 11) is 0. The lowest BCUT2D eigenvalue weighted by Crippen LogP contribution is -2.41. The van der Waals surface area contributed by atoms with Crippen LogP contribution in [0.1, 0.15) is 59.3 Å². The Balaban J connectivity index is 1.70. The first-order valence-electron chi connectivity index (χ1n) is 9.72. The second kappa shape index (κ2) is 9.28. The standard InChI is InChI=1S/C22H33NO3/c1-6-19-15-18(16-20(7-2)25-19)10-8-9-17-11-13-23(14-12-17)21(24)26-22(3,4)5/h1,7,16-17,19-20H,2,8-15H2,3-5H3/t19-,20+/m1/s1. The van der Waals surface area contributed by atoms with Crippen LogP contribution in [0, 0.1) is 18.3 Å². The molecule has 0 aliphatic carbocycles. The zero-order valence-electron chi connectivity index (χ0n) is 16.5. The Kier molecular flexibility index (Phi) is 7.34. The average molecular weight is 360 g/mol. The SMILES string of the molecule is C#C[C@@H]1CC(CCCC2CCN(C(=O)OC(C)(C)C)CC2)=C[C@H](C=C)O1. The van der Waals surface area contributed by atoms with Crippen molar-refractivity contribution in [3.05, 3.63) is 24.3 Å². The molecule has 2 atom stereocenters. The van der Waals surface area contributed by atoms with Crippen LogP contribution < -0.4 is 0 Å². The quantitative estimate of drug-likeness (QED) is 0.527. The monoisotopic (exact) mass is 359 g/mol. The van der Waals surface area contributed by atoms with Gasteiger partial charge in [-0.2, -0.15) is 0 Å². The van der Waals surface area contributed by atoms with Crippen molar-refractivity contribution in [1.29, 1.82) is 0 Å². The van der Waals surface area contributed by atoms with Crippen molar-refractivity contribution in [1.82, 2.24) is 4.90 Å². The Morgan fingerprint density at radius 2 is 2.15 bits per heavy atom. The van der Waals surface area contributed by atoms with E-state index in [9.17, 15) is 4.79 Å². The van der Waals surface area contributed by atoms with Crippen LogP contribution >= 0.6 is 0 Å². The Morgan fingerprint density at radius 3 is 2.73 bits per heavy atom. The van der Waals surface area contributed by atoms with Crippen LogP contribution in [-0.4, -0.2) is 41.9 Å². The van der Waals surface area contributed by atoms with Gasteiger partial charge in [0, 0.05) is 19.5 Å². The molecule has 1 saturated heterocycles. The second-order valence-electron chi connectivity index (χ2n) is 8.32. The molecule has 4 heteroatoms. The van der Waals surface area contributed by atoms with Gasteiger partial charge in [0.15, 0.2) is 0 Å². The fourth-order valence-electron chi connectivity index (χ4n) is 3.57. The normalized spacial score (nSPS) is 24.5. The molecule has 0 saturated carbocycles. The molecule has 4 nitrogen and oxygen atoms in total. The number of terminal acetylenes is 1. The number of hydrogen-bond acceptors (Lipinski definition) is 3. The van der Waals surface area contributed by atoms with Gasteiger partial charge in [-0.25, -0.2) is 4.79 Å². The number of rotatable bonds is 5. The summed E-state index contributed by atoms with van der Waals surface area (Å²) in [6, 6.07) is 0. The molecule has 26 heavy (non-hydrogen) atoms. The molecule has 1 fully saturated rings. The van der Waals surface area contributed by atoms with Crippen molar-refractivity contribution in [2.45, 2.75) is 77.1 Å². The summed E-state index contributed by atoms with van der Waals surface area (Å²) < 4.78 is 11.2. The van der Waals surface area contributed by atoms with Crippen molar-refractivity contribution in [3.8, 4) is 12.3 Å². The minimum absolute atomic E-state index is 0.0585. The van der Waals surface area contributed by atoms with E-state index in [1.807, 2.05) is 25.7 Å². The number of ether oxygens (including phenoxy) is 2. The maximum Gasteiger partial charge on any atom is 0.410 e. The molecule has 2 rings (SSSR count). The van der Waals surface area contributed by atoms with Crippen LogP contribution in [-0.2, 0) is 9.47 Å². The second-order valence-corrected chi connectivity index (χ2v) is 8.32. The van der Waals surface area contributed by atoms with Crippen molar-refractivity contribution in [3.63, 3.8) is 0 Å². The molecule has 0 unspecified atom stereocenters. The highest BCUT2D eigenvalue weighted by atomic mass is 16.6. The van der Waals surface area contributed by atoms with Crippen LogP contribution in [0.2, 0.25) is 0 Å². The maximum atomic E-state index is 12.1. The minimum Gasteiger partial charge on any atom is -0.444 e. The zero-order chi connectivity index (χ0) is 19.2. The van der Waals surface area contributed by atoms with Crippen LogP contribution in [0.4, 0.5) is 4.79 Å². The summed E-state index contributed by atoms with van der Waals surface area (Å²) >= 11 is 0. The van der Waals surface area contributed by atoms with Gasteiger partial charge in [0.1, 0.15) is 11.7 Å². The van der Waals surface area contributed by atoms with Crippen molar-refractivity contribution < 1.29 is 14.3 Å². The summed E-state index contributed by atoms with van der Waals surface area (Å²) in [6.45, 7) is 11.1. The molecule has 2 aliphatic heterocycles. The fraction of sp³-hybridized carbons (Fsp3) is 0.682. The molecule has 0 aromatic carbocycles. The summed E-state index contributed by atoms with van der Waals surface area (Å²) in [5, 5.41) is 0. The molecule has 0 bridgehead atoms. The van der Waals surface area contributed by atoms with Gasteiger partial charge in [-0.1, -0.05) is 30.1 Å². The Morgan fingerprint density at radius 1 is 1.46 bits per heavy atom. The predicted molar refractivity (Wildman–Crippen MR) is 105 cm³/mol. The number of hydrogen-bond donors (Lipinski definition) is 0. The van der Waals surface area contributed by atoms with E-state index in [1.54, 1.807) is 6.08 Å². The first-order chi connectivity index (χ1) is 12.3. The average Bonchev–Trinajstić information content (AvgIpc) is 2.60. The molecule has 0 radical (unpaired) electrons. The minimum atomic E-state index is -0.426. The third-order valence-electron chi connectivity index (χ3n) is 4.96. The van der Waals surface area contributed by atoms with E-state index in [4.69, 9.17) is 15.9 Å². The van der Waals surface area contributed by atoms with E-state index in [2.05, 4.69) is 18.6 Å². The van der Waals surface area contributed by atoms with Gasteiger partial charge >= 0.3 is 6.09 Å². The summed E-state index contributed by atoms with van der Waals surface area (Å²) in [5.41, 5.74) is 0.959. The molecular weight excluding hydrogens is 326 g/mol. The van der Waals surface area contributed by atoms with Crippen LogP contribution in [0.5, 0.6) is 0 Å². The highest BCUT2D eigenvalue weighted by Crippen LogP contribution is 2.28. The summed E-state index contributed by atoms with van der Waals surface area (Å²) in [5.74, 6) is 3.40. The number of likely N-dealkylation sites (tertiary alicyclic amines) is 1. The third kappa shape index (κ3) is 6.53. The first kappa shape index (κ1) is 20.6. The highest BCUT2D eigenvalue weighted by Gasteiger charge is 2.27. The molecule has 2 aliphatic rings. The Hall–Kier alpha value is -1.73. The van der Waals surface area contributed by atoms with E-state index < -0.39 is 5.60 Å². The predicted octanol–water partition coefficient (Wildman–Crippen LogP) is 4.71. The van der Waals surface area contributed by atoms with Crippen LogP contribution in [0.3, 0.4) is 0 Å². The van der Waals surface area contributed by atoms with Crippen LogP contribution in [0.25, 0.3) is 0 Å². The molecule has 0 aromatic heterocycles. The van der Waals surface area contributed by atoms with Gasteiger partial charge in [-0.3, -0.25) is 0 Å². The maximum absolute atomic E-state index is 12.1. The number of nitrogens with zero attached hydrogens (tertiary/aromatic N) is 1. The van der Waals surface area contributed by atoms with E-state index in [-0.39, 0.29) is 18.3 Å². The molecular formula is C22H33NO3. The smallest absolute Gasteiger partial charge is 0.410 e. The lowest BCUT2D eigenvalue weighted by Gasteiger charge is -2.33. The highest BCUT2D eigenvalue weighted by molar-refractivity contribution is 5.68. The zero-order valence-corrected chi connectivity index (χ0v) is 16.5. The van der Waals surface area contributed by atoms with Crippen molar-refractivity contribution in [2.24, 2.45) is 5.92 Å². The van der Waals surface area contributed by atoms with Gasteiger partial charge < -0.3 is 14.4 Å². The topological polar surface area (TPSA) is 38.8 Å². The van der Waals surface area contributed by atoms with Gasteiger partial charge in [-0.05, 0) is 52.4 Å². The number of carbonyl (C=O) groups excluding carboxylic acids is 1. The number of carbonyl (C=O) groups is 1. The van der Waals surface area contributed by atoms with Crippen molar-refractivity contribution >= 4 is 6.09 Å². The largest absolute Gasteiger partial charge is 0.444 e. The third-order valence-corrected chi connectivity index (χ3v) is 4.96. The van der Waals surface area contributed by atoms with Gasteiger partial charge in [0.05, 0.1) is 6.10 Å². The molecule has 0 aromatic rings. The number of piperidine rings is 1. The molecule has 1 amide bonds. The first-order valence-corrected chi connectivity index (χ1v) is 9.72. The molecule has 2 heterocycles. The van der Waals surface area contributed by atoms with Crippen molar-refractivity contribution in [2.75, 3.05) is 13.1 Å². The summed E-state index contributed by atoms with van der Waals surface area (Å²) in [4.78, 5) is 14.0. The van der Waals surface area contributed by atoms with E-state index >= 15 is 0 Å². The van der Waals surface area contributed by atoms with E-state index in [1.165, 1.54) is 12.0 Å². The van der Waals surface area contributed by atoms with E-state index in [0.717, 1.165) is 45.2 Å². The molecule has 0 spiro atoms. The van der Waals surface area contributed by atoms with Gasteiger partial charge in [-0.15, -0.1) is 13.0 Å². The lowest BCUT2D eigenvalue weighted by molar-refractivity contribution is 0.0180.